The summed E-state index contributed by atoms with van der Waals surface area (Å²) in [5.74, 6) is 1.93. The largest absolute Gasteiger partial charge is 0.455 e. The third-order valence-electron chi connectivity index (χ3n) is 7.97. The van der Waals surface area contributed by atoms with Gasteiger partial charge in [-0.3, -0.25) is 0 Å². The molecule has 0 aliphatic rings. The van der Waals surface area contributed by atoms with Crippen molar-refractivity contribution in [1.82, 2.24) is 19.9 Å². The van der Waals surface area contributed by atoms with Crippen molar-refractivity contribution in [1.29, 1.82) is 0 Å². The molecular weight excluding hydrogens is 561 g/mol. The Morgan fingerprint density at radius 3 is 1.89 bits per heavy atom. The molecule has 0 spiro atoms. The number of para-hydroxylation sites is 2. The third-order valence-corrected chi connectivity index (χ3v) is 9.02. The Labute approximate surface area is 256 Å². The molecule has 0 bridgehead atoms. The highest BCUT2D eigenvalue weighted by Crippen LogP contribution is 2.40. The van der Waals surface area contributed by atoms with Gasteiger partial charge in [-0.05, 0) is 29.7 Å². The number of aromatic nitrogens is 4. The predicted molar refractivity (Wildman–Crippen MR) is 180 cm³/mol. The lowest BCUT2D eigenvalue weighted by molar-refractivity contribution is 0.670. The second kappa shape index (κ2) is 9.93. The van der Waals surface area contributed by atoms with Gasteiger partial charge in [-0.15, -0.1) is 11.3 Å². The van der Waals surface area contributed by atoms with Crippen molar-refractivity contribution in [3.63, 3.8) is 0 Å². The molecule has 44 heavy (non-hydrogen) atoms. The molecule has 0 unspecified atom stereocenters. The van der Waals surface area contributed by atoms with Crippen molar-refractivity contribution < 1.29 is 4.42 Å². The van der Waals surface area contributed by atoms with E-state index in [4.69, 9.17) is 24.4 Å². The van der Waals surface area contributed by atoms with E-state index in [1.165, 1.54) is 0 Å². The molecule has 6 heteroatoms. The predicted octanol–water partition coefficient (Wildman–Crippen LogP) is 10.2. The van der Waals surface area contributed by atoms with Crippen LogP contribution >= 0.6 is 11.3 Å². The monoisotopic (exact) mass is 582 g/mol. The minimum Gasteiger partial charge on any atom is -0.455 e. The summed E-state index contributed by atoms with van der Waals surface area (Å²) in [5.41, 5.74) is 6.58. The molecule has 0 saturated heterocycles. The van der Waals surface area contributed by atoms with E-state index >= 15 is 0 Å². The fourth-order valence-electron chi connectivity index (χ4n) is 5.83. The van der Waals surface area contributed by atoms with Crippen LogP contribution in [0.5, 0.6) is 0 Å². The van der Waals surface area contributed by atoms with Crippen molar-refractivity contribution in [2.24, 2.45) is 0 Å². The van der Waals surface area contributed by atoms with E-state index in [0.29, 0.717) is 17.5 Å². The summed E-state index contributed by atoms with van der Waals surface area (Å²) in [5, 5.41) is 5.34. The molecule has 0 fully saturated rings. The van der Waals surface area contributed by atoms with Crippen molar-refractivity contribution >= 4 is 54.3 Å². The van der Waals surface area contributed by atoms with Crippen LogP contribution in [0.3, 0.4) is 0 Å². The zero-order valence-electron chi connectivity index (χ0n) is 23.3. The number of thiazole rings is 1. The number of nitrogens with zero attached hydrogens (tertiary/aromatic N) is 4. The zero-order chi connectivity index (χ0) is 29.0. The summed E-state index contributed by atoms with van der Waals surface area (Å²) in [6.45, 7) is 0. The highest BCUT2D eigenvalue weighted by atomic mass is 32.1. The number of hydrogen-bond acceptors (Lipinski definition) is 6. The summed E-state index contributed by atoms with van der Waals surface area (Å²) in [6.07, 6.45) is 0. The van der Waals surface area contributed by atoms with Gasteiger partial charge in [0.05, 0.1) is 15.8 Å². The average Bonchev–Trinajstić information content (AvgIpc) is 3.71. The molecule has 0 radical (unpaired) electrons. The number of benzene rings is 6. The molecule has 0 aliphatic heterocycles. The second-order valence-corrected chi connectivity index (χ2v) is 11.7. The SMILES string of the molecule is c1ccc(-c2nc(-c3ccccc3)nc(-c3ccc4c(ccc5sc(-c6cccc7c6oc6ccccc67)nc54)c3)n2)cc1. The maximum Gasteiger partial charge on any atom is 0.164 e. The highest BCUT2D eigenvalue weighted by molar-refractivity contribution is 7.21. The van der Waals surface area contributed by atoms with Crippen LogP contribution in [0.15, 0.2) is 138 Å². The summed E-state index contributed by atoms with van der Waals surface area (Å²) in [7, 11) is 0. The quantitative estimate of drug-likeness (QED) is 0.207. The van der Waals surface area contributed by atoms with Crippen LogP contribution in [0.25, 0.3) is 87.7 Å². The molecule has 5 nitrogen and oxygen atoms in total. The van der Waals surface area contributed by atoms with Crippen LogP contribution in [0.1, 0.15) is 0 Å². The van der Waals surface area contributed by atoms with Gasteiger partial charge in [-0.1, -0.05) is 109 Å². The van der Waals surface area contributed by atoms with Crippen LogP contribution < -0.4 is 0 Å². The maximum absolute atomic E-state index is 6.32. The Hall–Kier alpha value is -5.72. The maximum atomic E-state index is 6.32. The van der Waals surface area contributed by atoms with E-state index in [2.05, 4.69) is 54.6 Å². The van der Waals surface area contributed by atoms with E-state index < -0.39 is 0 Å². The van der Waals surface area contributed by atoms with Gasteiger partial charge in [0, 0.05) is 32.8 Å². The highest BCUT2D eigenvalue weighted by Gasteiger charge is 2.17. The molecular formula is C38H22N4OS. The molecule has 9 rings (SSSR count). The van der Waals surface area contributed by atoms with Crippen molar-refractivity contribution in [2.75, 3.05) is 0 Å². The third kappa shape index (κ3) is 4.07. The molecule has 6 aromatic carbocycles. The van der Waals surface area contributed by atoms with Crippen molar-refractivity contribution in [3.8, 4) is 44.7 Å². The molecule has 3 heterocycles. The van der Waals surface area contributed by atoms with Gasteiger partial charge in [0.25, 0.3) is 0 Å². The van der Waals surface area contributed by atoms with Crippen LogP contribution in [-0.4, -0.2) is 19.9 Å². The standard InChI is InChI=1S/C38H22N4OS/c1-3-10-23(11-4-1)35-40-36(24-12-5-2-6-13-24)42-37(41-35)26-18-20-27-25(22-26)19-21-32-33(27)39-38(44-32)30-16-9-15-29-28-14-7-8-17-31(28)43-34(29)30/h1-22H. The Kier molecular flexibility index (Phi) is 5.61. The molecule has 0 atom stereocenters. The lowest BCUT2D eigenvalue weighted by atomic mass is 10.1. The van der Waals surface area contributed by atoms with E-state index in [1.54, 1.807) is 11.3 Å². The van der Waals surface area contributed by atoms with Gasteiger partial charge in [0.1, 0.15) is 16.2 Å². The summed E-state index contributed by atoms with van der Waals surface area (Å²) in [6, 6.07) is 45.2. The first kappa shape index (κ1) is 24.8. The lowest BCUT2D eigenvalue weighted by Crippen LogP contribution is -2.00. The number of furan rings is 1. The average molecular weight is 583 g/mol. The summed E-state index contributed by atoms with van der Waals surface area (Å²) >= 11 is 1.69. The van der Waals surface area contributed by atoms with Crippen LogP contribution in [-0.2, 0) is 0 Å². The minimum atomic E-state index is 0.634. The van der Waals surface area contributed by atoms with Gasteiger partial charge in [0.15, 0.2) is 17.5 Å². The second-order valence-electron chi connectivity index (χ2n) is 10.7. The zero-order valence-corrected chi connectivity index (χ0v) is 24.1. The molecule has 0 aliphatic carbocycles. The summed E-state index contributed by atoms with van der Waals surface area (Å²) < 4.78 is 7.45. The van der Waals surface area contributed by atoms with E-state index in [1.807, 2.05) is 78.9 Å². The van der Waals surface area contributed by atoms with Crippen molar-refractivity contribution in [3.05, 3.63) is 133 Å². The Morgan fingerprint density at radius 1 is 0.477 bits per heavy atom. The van der Waals surface area contributed by atoms with E-state index in [-0.39, 0.29) is 0 Å². The van der Waals surface area contributed by atoms with Crippen LogP contribution in [0, 0.1) is 0 Å². The van der Waals surface area contributed by atoms with E-state index in [9.17, 15) is 0 Å². The Morgan fingerprint density at radius 2 is 1.14 bits per heavy atom. The fraction of sp³-hybridized carbons (Fsp3) is 0. The first-order valence-corrected chi connectivity index (χ1v) is 15.2. The van der Waals surface area contributed by atoms with Gasteiger partial charge >= 0.3 is 0 Å². The Balaban J connectivity index is 1.18. The van der Waals surface area contributed by atoms with Crippen LogP contribution in [0.2, 0.25) is 0 Å². The summed E-state index contributed by atoms with van der Waals surface area (Å²) in [4.78, 5) is 19.8. The first-order valence-electron chi connectivity index (χ1n) is 14.4. The lowest BCUT2D eigenvalue weighted by Gasteiger charge is -2.09. The molecule has 0 amide bonds. The van der Waals surface area contributed by atoms with Gasteiger partial charge < -0.3 is 4.42 Å². The Bertz CT molecular complexity index is 2440. The molecule has 3 aromatic heterocycles. The molecule has 206 valence electrons. The van der Waals surface area contributed by atoms with Gasteiger partial charge in [-0.25, -0.2) is 19.9 Å². The molecule has 0 saturated carbocycles. The minimum absolute atomic E-state index is 0.634. The van der Waals surface area contributed by atoms with Gasteiger partial charge in [0.2, 0.25) is 0 Å². The normalized spacial score (nSPS) is 11.6. The molecule has 0 N–H and O–H groups in total. The van der Waals surface area contributed by atoms with E-state index in [0.717, 1.165) is 70.2 Å². The molecule has 9 aromatic rings. The van der Waals surface area contributed by atoms with Crippen LogP contribution in [0.4, 0.5) is 0 Å². The van der Waals surface area contributed by atoms with Crippen molar-refractivity contribution in [2.45, 2.75) is 0 Å². The smallest absolute Gasteiger partial charge is 0.164 e. The number of hydrogen-bond donors (Lipinski definition) is 0. The fourth-order valence-corrected chi connectivity index (χ4v) is 6.83. The number of rotatable bonds is 4. The topological polar surface area (TPSA) is 64.7 Å². The van der Waals surface area contributed by atoms with Gasteiger partial charge in [-0.2, -0.15) is 0 Å². The number of fused-ring (bicyclic) bond motifs is 6. The first-order chi connectivity index (χ1) is 21.8.